The van der Waals surface area contributed by atoms with Gasteiger partial charge in [-0.2, -0.15) is 0 Å². The van der Waals surface area contributed by atoms with Gasteiger partial charge in [0.2, 0.25) is 0 Å². The molecule has 0 aliphatic heterocycles. The predicted molar refractivity (Wildman–Crippen MR) is 245 cm³/mol. The number of hydrogen-bond acceptors (Lipinski definition) is 1. The molecule has 0 unspecified atom stereocenters. The van der Waals surface area contributed by atoms with Crippen molar-refractivity contribution >= 4 is 60.4 Å². The molecule has 0 saturated carbocycles. The Hall–Kier alpha value is -6.90. The van der Waals surface area contributed by atoms with Gasteiger partial charge in [-0.1, -0.05) is 153 Å². The molecule has 2 nitrogen and oxygen atoms in total. The lowest BCUT2D eigenvalue weighted by molar-refractivity contribution is 0.651. The van der Waals surface area contributed by atoms with Crippen LogP contribution in [0.5, 0.6) is 0 Å². The van der Waals surface area contributed by atoms with E-state index in [-0.39, 0.29) is 0 Å². The zero-order valence-corrected chi connectivity index (χ0v) is 32.4. The van der Waals surface area contributed by atoms with Gasteiger partial charge in [-0.25, -0.2) is 0 Å². The van der Waals surface area contributed by atoms with Gasteiger partial charge in [-0.3, -0.25) is 0 Å². The molecule has 0 amide bonds. The molecule has 0 spiro atoms. The lowest BCUT2D eigenvalue weighted by Gasteiger charge is -2.31. The van der Waals surface area contributed by atoms with E-state index in [1.54, 1.807) is 0 Å². The monoisotopic (exact) mass is 732 g/mol. The Bertz CT molecular complexity index is 3020. The minimum absolute atomic E-state index is 0.406. The maximum absolute atomic E-state index is 2.52. The zero-order chi connectivity index (χ0) is 38.3. The third-order valence-corrected chi connectivity index (χ3v) is 11.9. The van der Waals surface area contributed by atoms with Crippen LogP contribution in [0.25, 0.3) is 71.3 Å². The maximum Gasteiger partial charge on any atom is 0.0618 e. The summed E-state index contributed by atoms with van der Waals surface area (Å²) in [4.78, 5) is 2.52. The fraction of sp³-hybridized carbons (Fsp3) is 0.0909. The number of aromatic nitrogens is 1. The summed E-state index contributed by atoms with van der Waals surface area (Å²) in [6, 6.07) is 73.5. The second-order valence-corrected chi connectivity index (χ2v) is 15.1. The fourth-order valence-electron chi connectivity index (χ4n) is 9.18. The summed E-state index contributed by atoms with van der Waals surface area (Å²) in [7, 11) is 0. The highest BCUT2D eigenvalue weighted by Crippen LogP contribution is 2.50. The average Bonchev–Trinajstić information content (AvgIpc) is 3.62. The number of benzene rings is 9. The van der Waals surface area contributed by atoms with Gasteiger partial charge in [0, 0.05) is 38.6 Å². The first-order valence-corrected chi connectivity index (χ1v) is 20.3. The fourth-order valence-corrected chi connectivity index (χ4v) is 9.18. The Morgan fingerprint density at radius 2 is 0.930 bits per heavy atom. The van der Waals surface area contributed by atoms with E-state index in [0.29, 0.717) is 5.92 Å². The smallest absolute Gasteiger partial charge is 0.0618 e. The van der Waals surface area contributed by atoms with Crippen molar-refractivity contribution in [2.45, 2.75) is 32.6 Å². The van der Waals surface area contributed by atoms with E-state index in [1.807, 2.05) is 0 Å². The second-order valence-electron chi connectivity index (χ2n) is 15.1. The van der Waals surface area contributed by atoms with Crippen molar-refractivity contribution < 1.29 is 0 Å². The van der Waals surface area contributed by atoms with Crippen molar-refractivity contribution in [1.82, 2.24) is 4.57 Å². The highest BCUT2D eigenvalue weighted by atomic mass is 15.1. The maximum atomic E-state index is 2.52. The topological polar surface area (TPSA) is 8.17 Å². The molecule has 1 heterocycles. The van der Waals surface area contributed by atoms with E-state index in [2.05, 4.69) is 224 Å². The van der Waals surface area contributed by atoms with Crippen molar-refractivity contribution in [2.75, 3.05) is 4.90 Å². The number of rotatable bonds is 9. The van der Waals surface area contributed by atoms with Gasteiger partial charge in [0.1, 0.15) is 0 Å². The molecule has 1 aromatic heterocycles. The van der Waals surface area contributed by atoms with E-state index in [4.69, 9.17) is 0 Å². The van der Waals surface area contributed by atoms with Crippen LogP contribution in [0.15, 0.2) is 200 Å². The molecular weight excluding hydrogens is 689 g/mol. The Kier molecular flexibility index (Phi) is 8.88. The van der Waals surface area contributed by atoms with Crippen LogP contribution in [0.1, 0.15) is 38.2 Å². The molecule has 0 radical (unpaired) electrons. The van der Waals surface area contributed by atoms with Gasteiger partial charge in [-0.15, -0.1) is 0 Å². The number of para-hydroxylation sites is 3. The lowest BCUT2D eigenvalue weighted by atomic mass is 9.82. The van der Waals surface area contributed by atoms with Gasteiger partial charge < -0.3 is 9.47 Å². The molecule has 274 valence electrons. The summed E-state index contributed by atoms with van der Waals surface area (Å²) in [6.45, 7) is 4.69. The molecule has 10 rings (SSSR count). The van der Waals surface area contributed by atoms with Crippen molar-refractivity contribution in [2.24, 2.45) is 0 Å². The van der Waals surface area contributed by atoms with Crippen LogP contribution in [0, 0.1) is 0 Å². The molecule has 0 aliphatic rings. The Morgan fingerprint density at radius 3 is 1.58 bits per heavy atom. The summed E-state index contributed by atoms with van der Waals surface area (Å²) < 4.78 is 2.40. The van der Waals surface area contributed by atoms with E-state index in [0.717, 1.165) is 29.9 Å². The zero-order valence-electron chi connectivity index (χ0n) is 32.4. The summed E-state index contributed by atoms with van der Waals surface area (Å²) in [5.41, 5.74) is 13.4. The molecule has 0 fully saturated rings. The minimum atomic E-state index is 0.406. The summed E-state index contributed by atoms with van der Waals surface area (Å²) in [5.74, 6) is 0.406. The number of fused-ring (bicyclic) bond motifs is 5. The first-order chi connectivity index (χ1) is 28.2. The second kappa shape index (κ2) is 14.6. The van der Waals surface area contributed by atoms with Gasteiger partial charge >= 0.3 is 0 Å². The predicted octanol–water partition coefficient (Wildman–Crippen LogP) is 15.8. The van der Waals surface area contributed by atoms with Gasteiger partial charge in [-0.05, 0) is 118 Å². The van der Waals surface area contributed by atoms with Crippen LogP contribution < -0.4 is 4.90 Å². The quantitative estimate of drug-likeness (QED) is 0.134. The van der Waals surface area contributed by atoms with Crippen LogP contribution >= 0.6 is 0 Å². The molecule has 0 bridgehead atoms. The summed E-state index contributed by atoms with van der Waals surface area (Å²) in [5, 5.41) is 7.62. The van der Waals surface area contributed by atoms with Crippen LogP contribution in [0.4, 0.5) is 17.1 Å². The summed E-state index contributed by atoms with van der Waals surface area (Å²) >= 11 is 0. The van der Waals surface area contributed by atoms with E-state index in [1.165, 1.54) is 76.9 Å². The molecule has 10 aromatic rings. The van der Waals surface area contributed by atoms with Crippen LogP contribution in [0.2, 0.25) is 0 Å². The van der Waals surface area contributed by atoms with Crippen molar-refractivity contribution in [3.63, 3.8) is 0 Å². The molecule has 0 aliphatic carbocycles. The minimum Gasteiger partial charge on any atom is -0.309 e. The van der Waals surface area contributed by atoms with E-state index < -0.39 is 0 Å². The van der Waals surface area contributed by atoms with Crippen molar-refractivity contribution in [3.8, 4) is 27.9 Å². The third-order valence-electron chi connectivity index (χ3n) is 11.9. The van der Waals surface area contributed by atoms with Crippen molar-refractivity contribution in [1.29, 1.82) is 0 Å². The molecule has 0 saturated heterocycles. The first kappa shape index (κ1) is 34.6. The standard InChI is InChI=1S/C55H44N2/c1-3-38(4-2)54-47-32-29-42(40-21-11-6-12-22-40)36-51(47)55(48-33-30-41(35-50(48)54)39-19-9-5-10-20-39)56(43-23-13-7-14-24-43)45-31-34-53-49(37-45)46-27-17-18-28-52(46)57(53)44-25-15-8-16-26-44/h5-38H,3-4H2,1-2H3. The van der Waals surface area contributed by atoms with Gasteiger partial charge in [0.05, 0.1) is 16.7 Å². The normalized spacial score (nSPS) is 11.6. The van der Waals surface area contributed by atoms with E-state index >= 15 is 0 Å². The largest absolute Gasteiger partial charge is 0.309 e. The molecular formula is C55H44N2. The molecule has 9 aromatic carbocycles. The Balaban J connectivity index is 1.33. The van der Waals surface area contributed by atoms with Crippen LogP contribution in [-0.2, 0) is 0 Å². The third kappa shape index (κ3) is 5.97. The lowest BCUT2D eigenvalue weighted by Crippen LogP contribution is -2.12. The molecule has 2 heteroatoms. The van der Waals surface area contributed by atoms with Crippen LogP contribution in [0.3, 0.4) is 0 Å². The number of anilines is 3. The highest BCUT2D eigenvalue weighted by molar-refractivity contribution is 6.19. The molecule has 0 N–H and O–H groups in total. The van der Waals surface area contributed by atoms with Gasteiger partial charge in [0.25, 0.3) is 0 Å². The van der Waals surface area contributed by atoms with Crippen molar-refractivity contribution in [3.05, 3.63) is 206 Å². The average molecular weight is 733 g/mol. The van der Waals surface area contributed by atoms with Gasteiger partial charge in [0.15, 0.2) is 0 Å². The number of nitrogens with zero attached hydrogens (tertiary/aromatic N) is 2. The summed E-state index contributed by atoms with van der Waals surface area (Å²) in [6.07, 6.45) is 2.14. The highest BCUT2D eigenvalue weighted by Gasteiger charge is 2.26. The SMILES string of the molecule is CCC(CC)c1c2cc(-c3ccccc3)ccc2c(N(c2ccccc2)c2ccc3c(c2)c2ccccc2n3-c2ccccc2)c2cc(-c3ccccc3)ccc12. The Labute approximate surface area is 334 Å². The Morgan fingerprint density at radius 1 is 0.386 bits per heavy atom. The van der Waals surface area contributed by atoms with Crippen LogP contribution in [-0.4, -0.2) is 4.57 Å². The molecule has 57 heavy (non-hydrogen) atoms. The molecule has 0 atom stereocenters. The van der Waals surface area contributed by atoms with E-state index in [9.17, 15) is 0 Å². The number of hydrogen-bond donors (Lipinski definition) is 0. The first-order valence-electron chi connectivity index (χ1n) is 20.3.